The zero-order chi connectivity index (χ0) is 21.5. The van der Waals surface area contributed by atoms with E-state index in [1.165, 1.54) is 0 Å². The molecular formula is C24H25N3O3. The molecule has 0 radical (unpaired) electrons. The van der Waals surface area contributed by atoms with Crippen molar-refractivity contribution in [1.82, 2.24) is 10.9 Å². The molecule has 0 atom stereocenters. The highest BCUT2D eigenvalue weighted by Gasteiger charge is 2.11. The Balaban J connectivity index is 1.41. The smallest absolute Gasteiger partial charge is 0.257 e. The van der Waals surface area contributed by atoms with E-state index >= 15 is 0 Å². The van der Waals surface area contributed by atoms with Crippen molar-refractivity contribution in [2.75, 3.05) is 11.9 Å². The van der Waals surface area contributed by atoms with Crippen molar-refractivity contribution in [3.63, 3.8) is 0 Å². The summed E-state index contributed by atoms with van der Waals surface area (Å²) in [7, 11) is 0. The molecule has 0 aliphatic carbocycles. The fourth-order valence-electron chi connectivity index (χ4n) is 3.17. The number of amides is 2. The minimum absolute atomic E-state index is 0.00353. The molecule has 3 N–H and O–H groups in total. The SMILES string of the molecule is Cc1ccc(NCC(=O)NNC(=O)CCC(=O)c2ccc3ccccc3c2)c(C)c1. The number of benzene rings is 3. The third kappa shape index (κ3) is 5.67. The number of Topliss-reactive ketones (excluding diaryl/α,β-unsaturated/α-hetero) is 1. The molecule has 0 aliphatic heterocycles. The fourth-order valence-corrected chi connectivity index (χ4v) is 3.17. The summed E-state index contributed by atoms with van der Waals surface area (Å²) in [5.41, 5.74) is 8.33. The van der Waals surface area contributed by atoms with E-state index in [4.69, 9.17) is 0 Å². The van der Waals surface area contributed by atoms with Gasteiger partial charge in [-0.1, -0.05) is 54.1 Å². The van der Waals surface area contributed by atoms with E-state index in [2.05, 4.69) is 16.2 Å². The van der Waals surface area contributed by atoms with Gasteiger partial charge in [0.2, 0.25) is 5.91 Å². The van der Waals surface area contributed by atoms with E-state index in [0.717, 1.165) is 27.6 Å². The number of ketones is 1. The lowest BCUT2D eigenvalue weighted by molar-refractivity contribution is -0.128. The molecule has 2 amide bonds. The summed E-state index contributed by atoms with van der Waals surface area (Å²) in [5.74, 6) is -0.896. The Morgan fingerprint density at radius 2 is 1.50 bits per heavy atom. The Kier molecular flexibility index (Phi) is 6.80. The second-order valence-corrected chi connectivity index (χ2v) is 7.25. The highest BCUT2D eigenvalue weighted by atomic mass is 16.2. The summed E-state index contributed by atoms with van der Waals surface area (Å²) < 4.78 is 0. The monoisotopic (exact) mass is 403 g/mol. The summed E-state index contributed by atoms with van der Waals surface area (Å²) in [6.45, 7) is 3.99. The van der Waals surface area contributed by atoms with Crippen LogP contribution >= 0.6 is 0 Å². The van der Waals surface area contributed by atoms with Gasteiger partial charge in [0.25, 0.3) is 5.91 Å². The van der Waals surface area contributed by atoms with Crippen LogP contribution in [0.25, 0.3) is 10.8 Å². The zero-order valence-corrected chi connectivity index (χ0v) is 17.1. The predicted octanol–water partition coefficient (Wildman–Crippen LogP) is 3.68. The molecule has 0 heterocycles. The van der Waals surface area contributed by atoms with E-state index in [-0.39, 0.29) is 31.1 Å². The molecule has 3 rings (SSSR count). The van der Waals surface area contributed by atoms with Gasteiger partial charge in [-0.05, 0) is 42.3 Å². The number of hydrogen-bond acceptors (Lipinski definition) is 4. The maximum atomic E-state index is 12.4. The predicted molar refractivity (Wildman–Crippen MR) is 118 cm³/mol. The van der Waals surface area contributed by atoms with E-state index in [1.54, 1.807) is 6.07 Å². The van der Waals surface area contributed by atoms with Crippen LogP contribution in [0, 0.1) is 13.8 Å². The number of rotatable bonds is 7. The molecular weight excluding hydrogens is 378 g/mol. The number of aryl methyl sites for hydroxylation is 2. The number of carbonyl (C=O) groups is 3. The summed E-state index contributed by atoms with van der Waals surface area (Å²) in [6.07, 6.45) is 0.0668. The van der Waals surface area contributed by atoms with Crippen molar-refractivity contribution in [2.24, 2.45) is 0 Å². The summed E-state index contributed by atoms with van der Waals surface area (Å²) in [4.78, 5) is 36.3. The van der Waals surface area contributed by atoms with Crippen LogP contribution in [0.1, 0.15) is 34.3 Å². The van der Waals surface area contributed by atoms with Gasteiger partial charge in [-0.3, -0.25) is 25.2 Å². The van der Waals surface area contributed by atoms with Gasteiger partial charge in [0.15, 0.2) is 5.78 Å². The topological polar surface area (TPSA) is 87.3 Å². The molecule has 0 saturated heterocycles. The first kappa shape index (κ1) is 21.0. The van der Waals surface area contributed by atoms with Crippen LogP contribution in [0.3, 0.4) is 0 Å². The average Bonchev–Trinajstić information content (AvgIpc) is 2.75. The van der Waals surface area contributed by atoms with E-state index in [0.29, 0.717) is 5.56 Å². The van der Waals surface area contributed by atoms with Crippen molar-refractivity contribution in [2.45, 2.75) is 26.7 Å². The van der Waals surface area contributed by atoms with Crippen molar-refractivity contribution < 1.29 is 14.4 Å². The fraction of sp³-hybridized carbons (Fsp3) is 0.208. The molecule has 3 aromatic rings. The second kappa shape index (κ2) is 9.69. The molecule has 0 aromatic heterocycles. The van der Waals surface area contributed by atoms with Crippen LogP contribution in [0.15, 0.2) is 60.7 Å². The molecule has 30 heavy (non-hydrogen) atoms. The number of anilines is 1. The van der Waals surface area contributed by atoms with E-state index in [9.17, 15) is 14.4 Å². The Bertz CT molecular complexity index is 1090. The highest BCUT2D eigenvalue weighted by Crippen LogP contribution is 2.17. The number of carbonyl (C=O) groups excluding carboxylic acids is 3. The molecule has 0 fully saturated rings. The van der Waals surface area contributed by atoms with Crippen LogP contribution in [0.2, 0.25) is 0 Å². The minimum atomic E-state index is -0.413. The molecule has 6 heteroatoms. The zero-order valence-electron chi connectivity index (χ0n) is 17.1. The Morgan fingerprint density at radius 1 is 0.767 bits per heavy atom. The molecule has 0 aliphatic rings. The van der Waals surface area contributed by atoms with Gasteiger partial charge in [0.1, 0.15) is 0 Å². The van der Waals surface area contributed by atoms with Crippen LogP contribution in [-0.4, -0.2) is 24.1 Å². The summed E-state index contributed by atoms with van der Waals surface area (Å²) in [6, 6.07) is 19.2. The van der Waals surface area contributed by atoms with Gasteiger partial charge in [-0.15, -0.1) is 0 Å². The first-order chi connectivity index (χ1) is 14.4. The molecule has 6 nitrogen and oxygen atoms in total. The minimum Gasteiger partial charge on any atom is -0.376 e. The van der Waals surface area contributed by atoms with Crippen molar-refractivity contribution in [1.29, 1.82) is 0 Å². The third-order valence-corrected chi connectivity index (χ3v) is 4.81. The number of nitrogens with one attached hydrogen (secondary N) is 3. The lowest BCUT2D eigenvalue weighted by atomic mass is 10.0. The van der Waals surface area contributed by atoms with Crippen molar-refractivity contribution >= 4 is 34.1 Å². The first-order valence-electron chi connectivity index (χ1n) is 9.83. The van der Waals surface area contributed by atoms with Gasteiger partial charge >= 0.3 is 0 Å². The normalized spacial score (nSPS) is 10.5. The number of fused-ring (bicyclic) bond motifs is 1. The standard InChI is InChI=1S/C24H25N3O3/c1-16-7-10-21(17(2)13-16)25-15-24(30)27-26-23(29)12-11-22(28)20-9-8-18-5-3-4-6-19(18)14-20/h3-10,13-14,25H,11-12,15H2,1-2H3,(H,26,29)(H,27,30). The van der Waals surface area contributed by atoms with E-state index in [1.807, 2.05) is 68.4 Å². The largest absolute Gasteiger partial charge is 0.376 e. The van der Waals surface area contributed by atoms with Crippen LogP contribution in [-0.2, 0) is 9.59 Å². The van der Waals surface area contributed by atoms with Gasteiger partial charge in [0.05, 0.1) is 6.54 Å². The summed E-state index contributed by atoms with van der Waals surface area (Å²) in [5, 5.41) is 5.07. The van der Waals surface area contributed by atoms with Crippen LogP contribution in [0.4, 0.5) is 5.69 Å². The molecule has 3 aromatic carbocycles. The highest BCUT2D eigenvalue weighted by molar-refractivity contribution is 6.01. The molecule has 0 saturated carbocycles. The first-order valence-corrected chi connectivity index (χ1v) is 9.83. The Morgan fingerprint density at radius 3 is 2.27 bits per heavy atom. The molecule has 0 bridgehead atoms. The third-order valence-electron chi connectivity index (χ3n) is 4.81. The maximum Gasteiger partial charge on any atom is 0.257 e. The van der Waals surface area contributed by atoms with Gasteiger partial charge in [-0.25, -0.2) is 0 Å². The maximum absolute atomic E-state index is 12.4. The van der Waals surface area contributed by atoms with Crippen molar-refractivity contribution in [3.05, 3.63) is 77.4 Å². The molecule has 0 unspecified atom stereocenters. The lowest BCUT2D eigenvalue weighted by Crippen LogP contribution is -2.44. The quantitative estimate of drug-likeness (QED) is 0.415. The van der Waals surface area contributed by atoms with Crippen molar-refractivity contribution in [3.8, 4) is 0 Å². The van der Waals surface area contributed by atoms with Gasteiger partial charge < -0.3 is 5.32 Å². The number of hydrogen-bond donors (Lipinski definition) is 3. The molecule has 154 valence electrons. The molecule has 0 spiro atoms. The van der Waals surface area contributed by atoms with Gasteiger partial charge in [0, 0.05) is 24.1 Å². The Hall–Kier alpha value is -3.67. The van der Waals surface area contributed by atoms with Crippen LogP contribution in [0.5, 0.6) is 0 Å². The van der Waals surface area contributed by atoms with Crippen LogP contribution < -0.4 is 16.2 Å². The van der Waals surface area contributed by atoms with E-state index < -0.39 is 5.91 Å². The second-order valence-electron chi connectivity index (χ2n) is 7.25. The summed E-state index contributed by atoms with van der Waals surface area (Å²) >= 11 is 0. The Labute approximate surface area is 175 Å². The lowest BCUT2D eigenvalue weighted by Gasteiger charge is -2.11. The number of hydrazine groups is 1. The van der Waals surface area contributed by atoms with Gasteiger partial charge in [-0.2, -0.15) is 0 Å². The average molecular weight is 403 g/mol.